The lowest BCUT2D eigenvalue weighted by molar-refractivity contribution is -0.139. The summed E-state index contributed by atoms with van der Waals surface area (Å²) < 4.78 is 5.44. The van der Waals surface area contributed by atoms with Gasteiger partial charge in [0.25, 0.3) is 0 Å². The van der Waals surface area contributed by atoms with Crippen molar-refractivity contribution >= 4 is 23.3 Å². The molecule has 4 rings (SSSR count). The summed E-state index contributed by atoms with van der Waals surface area (Å²) in [5.74, 6) is -0.485. The van der Waals surface area contributed by atoms with Crippen LogP contribution in [-0.2, 0) is 11.3 Å². The number of carboxylic acid groups (broad SMARTS) is 1. The lowest BCUT2D eigenvalue weighted by atomic mass is 10.0. The van der Waals surface area contributed by atoms with Crippen molar-refractivity contribution in [1.29, 1.82) is 0 Å². The van der Waals surface area contributed by atoms with Crippen molar-refractivity contribution < 1.29 is 19.7 Å². The molecule has 2 aliphatic rings. The molecule has 32 heavy (non-hydrogen) atoms. The van der Waals surface area contributed by atoms with E-state index in [1.165, 1.54) is 5.56 Å². The summed E-state index contributed by atoms with van der Waals surface area (Å²) in [5, 5.41) is 24.0. The van der Waals surface area contributed by atoms with Gasteiger partial charge in [-0.1, -0.05) is 35.9 Å². The van der Waals surface area contributed by atoms with Crippen LogP contribution in [0.4, 0.5) is 5.69 Å². The maximum atomic E-state index is 10.9. The molecular weight excluding hydrogens is 430 g/mol. The van der Waals surface area contributed by atoms with Gasteiger partial charge in [-0.3, -0.25) is 4.90 Å². The highest BCUT2D eigenvalue weighted by Crippen LogP contribution is 2.31. The number of carboxylic acids is 1. The van der Waals surface area contributed by atoms with Crippen molar-refractivity contribution in [2.45, 2.75) is 37.6 Å². The van der Waals surface area contributed by atoms with Crippen molar-refractivity contribution in [3.05, 3.63) is 59.1 Å². The highest BCUT2D eigenvalue weighted by atomic mass is 35.5. The lowest BCUT2D eigenvalue weighted by Crippen LogP contribution is -2.49. The van der Waals surface area contributed by atoms with Crippen LogP contribution in [0, 0.1) is 0 Å². The molecule has 0 amide bonds. The maximum Gasteiger partial charge on any atom is 0.341 e. The Morgan fingerprint density at radius 2 is 1.81 bits per heavy atom. The number of anilines is 1. The zero-order chi connectivity index (χ0) is 22.5. The van der Waals surface area contributed by atoms with Crippen LogP contribution in [-0.4, -0.2) is 72.1 Å². The highest BCUT2D eigenvalue weighted by molar-refractivity contribution is 6.30. The fourth-order valence-corrected chi connectivity index (χ4v) is 4.66. The fourth-order valence-electron chi connectivity index (χ4n) is 4.54. The number of piperidine rings is 1. The second kappa shape index (κ2) is 10.5. The monoisotopic (exact) mass is 459 g/mol. The van der Waals surface area contributed by atoms with Crippen molar-refractivity contribution in [3.63, 3.8) is 0 Å². The fraction of sp³-hybridized carbons (Fsp3) is 0.458. The van der Waals surface area contributed by atoms with E-state index in [1.807, 2.05) is 30.3 Å². The number of ether oxygens (including phenoxy) is 1. The number of hydrogen-bond acceptors (Lipinski definition) is 6. The van der Waals surface area contributed by atoms with Crippen LogP contribution in [0.15, 0.2) is 48.5 Å². The first-order valence-corrected chi connectivity index (χ1v) is 11.4. The average molecular weight is 460 g/mol. The number of likely N-dealkylation sites (tertiary alicyclic amines) is 1. The Labute approximate surface area is 193 Å². The number of carbonyl (C=O) groups is 1. The van der Waals surface area contributed by atoms with Crippen LogP contribution >= 0.6 is 11.6 Å². The summed E-state index contributed by atoms with van der Waals surface area (Å²) in [7, 11) is 0. The molecule has 0 bridgehead atoms. The van der Waals surface area contributed by atoms with Gasteiger partial charge in [-0.25, -0.2) is 4.79 Å². The van der Waals surface area contributed by atoms with E-state index < -0.39 is 12.1 Å². The van der Waals surface area contributed by atoms with Gasteiger partial charge < -0.3 is 25.2 Å². The van der Waals surface area contributed by atoms with Gasteiger partial charge in [0.05, 0.1) is 17.8 Å². The minimum atomic E-state index is -1.01. The van der Waals surface area contributed by atoms with Crippen LogP contribution in [0.2, 0.25) is 5.02 Å². The molecule has 0 unspecified atom stereocenters. The van der Waals surface area contributed by atoms with E-state index in [0.717, 1.165) is 43.2 Å². The van der Waals surface area contributed by atoms with Gasteiger partial charge in [0.15, 0.2) is 6.61 Å². The quantitative estimate of drug-likeness (QED) is 0.559. The highest BCUT2D eigenvalue weighted by Gasteiger charge is 2.34. The molecule has 2 fully saturated rings. The molecular formula is C24H30ClN3O4. The molecule has 0 radical (unpaired) electrons. The summed E-state index contributed by atoms with van der Waals surface area (Å²) in [6.45, 7) is 3.71. The summed E-state index contributed by atoms with van der Waals surface area (Å²) >= 11 is 5.98. The smallest absolute Gasteiger partial charge is 0.341 e. The van der Waals surface area contributed by atoms with Crippen molar-refractivity contribution in [1.82, 2.24) is 10.2 Å². The number of halogens is 1. The normalized spacial score (nSPS) is 22.2. The second-order valence-electron chi connectivity index (χ2n) is 8.57. The Balaban J connectivity index is 1.28. The van der Waals surface area contributed by atoms with Crippen molar-refractivity contribution in [2.24, 2.45) is 0 Å². The standard InChI is InChI=1S/C24H30ClN3O4/c25-18-7-5-17(6-8-18)13-27-11-9-19(10-12-27)26-20-14-28(15-22(20)29)21-3-1-2-4-23(21)32-16-24(30)31/h1-8,19-20,22,26,29H,9-16H2,(H,30,31)/t20-,22-/m0/s1. The molecule has 0 aliphatic carbocycles. The SMILES string of the molecule is O=C(O)COc1ccccc1N1C[C@H](NC2CCN(Cc3ccc(Cl)cc3)CC2)[C@@H](O)C1. The number of aliphatic hydroxyl groups is 1. The predicted octanol–water partition coefficient (Wildman–Crippen LogP) is 2.61. The Morgan fingerprint density at radius 3 is 2.53 bits per heavy atom. The molecule has 0 saturated carbocycles. The van der Waals surface area contributed by atoms with Gasteiger partial charge in [-0.05, 0) is 55.8 Å². The molecule has 3 N–H and O–H groups in total. The molecule has 2 aliphatic heterocycles. The number of rotatable bonds is 8. The summed E-state index contributed by atoms with van der Waals surface area (Å²) in [5.41, 5.74) is 2.08. The van der Waals surface area contributed by atoms with Crippen LogP contribution in [0.3, 0.4) is 0 Å². The van der Waals surface area contributed by atoms with Crippen LogP contribution < -0.4 is 15.0 Å². The molecule has 0 aromatic heterocycles. The molecule has 8 heteroatoms. The topological polar surface area (TPSA) is 85.3 Å². The number of benzene rings is 2. The zero-order valence-electron chi connectivity index (χ0n) is 18.0. The Bertz CT molecular complexity index is 902. The van der Waals surface area contributed by atoms with Crippen molar-refractivity contribution in [2.75, 3.05) is 37.7 Å². The number of β-amino-alcohol motifs (C(OH)–C–C–N with tert-alkyl or cyclic N) is 1. The Hall–Kier alpha value is -2.32. The van der Waals surface area contributed by atoms with E-state index in [4.69, 9.17) is 21.4 Å². The average Bonchev–Trinajstić information content (AvgIpc) is 3.15. The van der Waals surface area contributed by atoms with Gasteiger partial charge in [0.2, 0.25) is 0 Å². The third-order valence-corrected chi connectivity index (χ3v) is 6.45. The van der Waals surface area contributed by atoms with Crippen LogP contribution in [0.5, 0.6) is 5.75 Å². The number of hydrogen-bond donors (Lipinski definition) is 3. The van der Waals surface area contributed by atoms with E-state index in [2.05, 4.69) is 27.2 Å². The minimum Gasteiger partial charge on any atom is -0.480 e. The number of nitrogens with one attached hydrogen (secondary N) is 1. The summed E-state index contributed by atoms with van der Waals surface area (Å²) in [6.07, 6.45) is 1.58. The molecule has 7 nitrogen and oxygen atoms in total. The number of aliphatic carboxylic acids is 1. The maximum absolute atomic E-state index is 10.9. The van der Waals surface area contributed by atoms with E-state index in [1.54, 1.807) is 6.07 Å². The number of aliphatic hydroxyl groups excluding tert-OH is 1. The lowest BCUT2D eigenvalue weighted by Gasteiger charge is -2.34. The Morgan fingerprint density at radius 1 is 1.09 bits per heavy atom. The van der Waals surface area contributed by atoms with E-state index in [-0.39, 0.29) is 12.6 Å². The van der Waals surface area contributed by atoms with Crippen LogP contribution in [0.25, 0.3) is 0 Å². The summed E-state index contributed by atoms with van der Waals surface area (Å²) in [4.78, 5) is 15.4. The number of nitrogens with zero attached hydrogens (tertiary/aromatic N) is 2. The largest absolute Gasteiger partial charge is 0.480 e. The number of para-hydroxylation sites is 2. The van der Waals surface area contributed by atoms with Gasteiger partial charge >= 0.3 is 5.97 Å². The second-order valence-corrected chi connectivity index (χ2v) is 9.01. The molecule has 2 heterocycles. The van der Waals surface area contributed by atoms with Gasteiger partial charge in [-0.15, -0.1) is 0 Å². The predicted molar refractivity (Wildman–Crippen MR) is 124 cm³/mol. The third kappa shape index (κ3) is 5.92. The molecule has 172 valence electrons. The molecule has 2 aromatic rings. The Kier molecular flexibility index (Phi) is 7.52. The molecule has 2 saturated heterocycles. The third-order valence-electron chi connectivity index (χ3n) is 6.20. The van der Waals surface area contributed by atoms with Crippen molar-refractivity contribution in [3.8, 4) is 5.75 Å². The van der Waals surface area contributed by atoms with E-state index in [0.29, 0.717) is 24.9 Å². The minimum absolute atomic E-state index is 0.0321. The molecule has 2 aromatic carbocycles. The first-order valence-electron chi connectivity index (χ1n) is 11.1. The molecule has 2 atom stereocenters. The first-order chi connectivity index (χ1) is 15.5. The zero-order valence-corrected chi connectivity index (χ0v) is 18.7. The first kappa shape index (κ1) is 22.9. The van der Waals surface area contributed by atoms with E-state index >= 15 is 0 Å². The summed E-state index contributed by atoms with van der Waals surface area (Å²) in [6, 6.07) is 15.7. The van der Waals surface area contributed by atoms with Crippen LogP contribution in [0.1, 0.15) is 18.4 Å². The molecule has 0 spiro atoms. The van der Waals surface area contributed by atoms with Gasteiger partial charge in [-0.2, -0.15) is 0 Å². The van der Waals surface area contributed by atoms with E-state index in [9.17, 15) is 9.90 Å². The van der Waals surface area contributed by atoms with Gasteiger partial charge in [0.1, 0.15) is 5.75 Å². The van der Waals surface area contributed by atoms with Gasteiger partial charge in [0, 0.05) is 30.7 Å².